The fourth-order valence-corrected chi connectivity index (χ4v) is 1.11. The molecule has 1 aromatic rings. The van der Waals surface area contributed by atoms with Gasteiger partial charge in [0.2, 0.25) is 0 Å². The van der Waals surface area contributed by atoms with Crippen molar-refractivity contribution in [1.29, 1.82) is 0 Å². The Labute approximate surface area is 76.9 Å². The van der Waals surface area contributed by atoms with Gasteiger partial charge in [-0.25, -0.2) is 8.78 Å². The molecule has 4 heteroatoms. The number of alkyl halides is 2. The van der Waals surface area contributed by atoms with Crippen LogP contribution in [-0.4, -0.2) is 5.16 Å². The molecule has 0 fully saturated rings. The Morgan fingerprint density at radius 3 is 1.85 bits per heavy atom. The van der Waals surface area contributed by atoms with Crippen molar-refractivity contribution < 1.29 is 13.3 Å². The van der Waals surface area contributed by atoms with Crippen LogP contribution in [0.3, 0.4) is 0 Å². The number of hydrogen-bond donors (Lipinski definition) is 0. The number of nitrogens with zero attached hydrogens (tertiary/aromatic N) is 1. The molecule has 13 heavy (non-hydrogen) atoms. The van der Waals surface area contributed by atoms with Gasteiger partial charge in [-0.05, 0) is 13.8 Å². The summed E-state index contributed by atoms with van der Waals surface area (Å²) in [6, 6.07) is 0. The SMILES string of the molecule is CC.Cc1noc(C)c1C(C)(F)F. The van der Waals surface area contributed by atoms with Gasteiger partial charge in [-0.15, -0.1) is 0 Å². The third-order valence-electron chi connectivity index (χ3n) is 1.47. The number of hydrogen-bond acceptors (Lipinski definition) is 2. The van der Waals surface area contributed by atoms with Crippen LogP contribution >= 0.6 is 0 Å². The first-order chi connectivity index (χ1) is 5.93. The standard InChI is InChI=1S/C7H9F2NO.C2H6/c1-4-6(7(3,8)9)5(2)11-10-4;1-2/h1-3H3;1-2H3. The van der Waals surface area contributed by atoms with Gasteiger partial charge in [-0.2, -0.15) is 0 Å². The summed E-state index contributed by atoms with van der Waals surface area (Å²) in [5.41, 5.74) is 0.160. The van der Waals surface area contributed by atoms with Gasteiger partial charge in [0, 0.05) is 6.92 Å². The zero-order valence-corrected chi connectivity index (χ0v) is 8.61. The van der Waals surface area contributed by atoms with Gasteiger partial charge < -0.3 is 4.52 Å². The van der Waals surface area contributed by atoms with E-state index in [9.17, 15) is 8.78 Å². The number of rotatable bonds is 1. The maximum absolute atomic E-state index is 12.7. The van der Waals surface area contributed by atoms with E-state index in [1.54, 1.807) is 0 Å². The highest BCUT2D eigenvalue weighted by atomic mass is 19.3. The van der Waals surface area contributed by atoms with Crippen LogP contribution in [0.25, 0.3) is 0 Å². The first-order valence-electron chi connectivity index (χ1n) is 4.24. The lowest BCUT2D eigenvalue weighted by Gasteiger charge is -2.07. The quantitative estimate of drug-likeness (QED) is 0.679. The second-order valence-corrected chi connectivity index (χ2v) is 2.59. The van der Waals surface area contributed by atoms with Crippen molar-refractivity contribution in [1.82, 2.24) is 5.16 Å². The van der Waals surface area contributed by atoms with Gasteiger partial charge in [0.05, 0.1) is 11.3 Å². The molecule has 0 aliphatic carbocycles. The topological polar surface area (TPSA) is 26.0 Å². The van der Waals surface area contributed by atoms with Crippen LogP contribution in [-0.2, 0) is 5.92 Å². The van der Waals surface area contributed by atoms with Gasteiger partial charge in [0.25, 0.3) is 5.92 Å². The smallest absolute Gasteiger partial charge is 0.275 e. The molecule has 0 atom stereocenters. The maximum atomic E-state index is 12.7. The molecule has 0 bridgehead atoms. The minimum Gasteiger partial charge on any atom is -0.361 e. The van der Waals surface area contributed by atoms with Crippen molar-refractivity contribution >= 4 is 0 Å². The van der Waals surface area contributed by atoms with Crippen LogP contribution in [0.2, 0.25) is 0 Å². The van der Waals surface area contributed by atoms with E-state index >= 15 is 0 Å². The highest BCUT2D eigenvalue weighted by molar-refractivity contribution is 5.25. The van der Waals surface area contributed by atoms with E-state index in [0.717, 1.165) is 6.92 Å². The highest BCUT2D eigenvalue weighted by Gasteiger charge is 2.31. The largest absolute Gasteiger partial charge is 0.361 e. The van der Waals surface area contributed by atoms with Crippen LogP contribution in [0.15, 0.2) is 4.52 Å². The van der Waals surface area contributed by atoms with E-state index in [4.69, 9.17) is 0 Å². The van der Waals surface area contributed by atoms with Gasteiger partial charge in [0.15, 0.2) is 0 Å². The summed E-state index contributed by atoms with van der Waals surface area (Å²) in [7, 11) is 0. The van der Waals surface area contributed by atoms with E-state index < -0.39 is 5.92 Å². The molecule has 1 heterocycles. The maximum Gasteiger partial charge on any atom is 0.275 e. The molecule has 1 rings (SSSR count). The van der Waals surface area contributed by atoms with Gasteiger partial charge >= 0.3 is 0 Å². The fraction of sp³-hybridized carbons (Fsp3) is 0.667. The molecule has 1 aromatic heterocycles. The second-order valence-electron chi connectivity index (χ2n) is 2.59. The normalized spacial score (nSPS) is 10.7. The zero-order valence-electron chi connectivity index (χ0n) is 8.61. The fourth-order valence-electron chi connectivity index (χ4n) is 1.11. The van der Waals surface area contributed by atoms with E-state index in [2.05, 4.69) is 9.68 Å². The number of halogens is 2. The van der Waals surface area contributed by atoms with Gasteiger partial charge in [-0.1, -0.05) is 19.0 Å². The molecular weight excluding hydrogens is 176 g/mol. The van der Waals surface area contributed by atoms with Crippen LogP contribution < -0.4 is 0 Å². The third-order valence-corrected chi connectivity index (χ3v) is 1.47. The molecule has 0 aliphatic heterocycles. The molecule has 0 saturated heterocycles. The van der Waals surface area contributed by atoms with Crippen LogP contribution in [0, 0.1) is 13.8 Å². The minimum atomic E-state index is -2.85. The van der Waals surface area contributed by atoms with Crippen LogP contribution in [0.1, 0.15) is 37.8 Å². The average Bonchev–Trinajstić information content (AvgIpc) is 2.33. The lowest BCUT2D eigenvalue weighted by Crippen LogP contribution is -2.08. The first kappa shape index (κ1) is 12.1. The number of aromatic nitrogens is 1. The summed E-state index contributed by atoms with van der Waals surface area (Å²) >= 11 is 0. The lowest BCUT2D eigenvalue weighted by molar-refractivity contribution is 0.0154. The van der Waals surface area contributed by atoms with Gasteiger partial charge in [0.1, 0.15) is 5.76 Å². The summed E-state index contributed by atoms with van der Waals surface area (Å²) in [6.07, 6.45) is 0. The number of aryl methyl sites for hydroxylation is 2. The van der Waals surface area contributed by atoms with Crippen molar-refractivity contribution in [3.05, 3.63) is 17.0 Å². The molecule has 2 nitrogen and oxygen atoms in total. The molecule has 0 aliphatic rings. The van der Waals surface area contributed by atoms with E-state index in [1.165, 1.54) is 13.8 Å². The Balaban J connectivity index is 0.000000671. The summed E-state index contributed by atoms with van der Waals surface area (Å²) in [5, 5.41) is 3.43. The Bertz CT molecular complexity index is 244. The molecule has 0 unspecified atom stereocenters. The molecule has 0 saturated carbocycles. The molecule has 76 valence electrons. The van der Waals surface area contributed by atoms with Crippen molar-refractivity contribution in [3.8, 4) is 0 Å². The Morgan fingerprint density at radius 2 is 1.69 bits per heavy atom. The zero-order chi connectivity index (χ0) is 10.6. The average molecular weight is 191 g/mol. The predicted molar refractivity (Wildman–Crippen MR) is 46.9 cm³/mol. The van der Waals surface area contributed by atoms with Crippen LogP contribution in [0.5, 0.6) is 0 Å². The molecule has 0 N–H and O–H groups in total. The third kappa shape index (κ3) is 2.79. The summed E-state index contributed by atoms with van der Waals surface area (Å²) in [6.45, 7) is 7.82. The van der Waals surface area contributed by atoms with Crippen molar-refractivity contribution in [2.45, 2.75) is 40.5 Å². The molecule has 0 radical (unpaired) electrons. The van der Waals surface area contributed by atoms with E-state index in [-0.39, 0.29) is 17.0 Å². The van der Waals surface area contributed by atoms with E-state index in [1.807, 2.05) is 13.8 Å². The van der Waals surface area contributed by atoms with Gasteiger partial charge in [-0.3, -0.25) is 0 Å². The highest BCUT2D eigenvalue weighted by Crippen LogP contribution is 2.31. The summed E-state index contributed by atoms with van der Waals surface area (Å²) < 4.78 is 30.0. The minimum absolute atomic E-state index is 0.0995. The summed E-state index contributed by atoms with van der Waals surface area (Å²) in [4.78, 5) is 0. The lowest BCUT2D eigenvalue weighted by atomic mass is 10.1. The molecule has 0 amide bonds. The monoisotopic (exact) mass is 191 g/mol. The first-order valence-corrected chi connectivity index (χ1v) is 4.24. The Hall–Kier alpha value is -0.930. The summed E-state index contributed by atoms with van der Waals surface area (Å²) in [5.74, 6) is -2.66. The van der Waals surface area contributed by atoms with Crippen molar-refractivity contribution in [2.24, 2.45) is 0 Å². The molecule has 0 spiro atoms. The van der Waals surface area contributed by atoms with E-state index in [0.29, 0.717) is 0 Å². The Kier molecular flexibility index (Phi) is 4.04. The van der Waals surface area contributed by atoms with Crippen molar-refractivity contribution in [3.63, 3.8) is 0 Å². The van der Waals surface area contributed by atoms with Crippen molar-refractivity contribution in [2.75, 3.05) is 0 Å². The predicted octanol–water partition coefficient (Wildman–Crippen LogP) is 3.43. The Morgan fingerprint density at radius 1 is 1.23 bits per heavy atom. The molecule has 0 aromatic carbocycles. The van der Waals surface area contributed by atoms with Crippen LogP contribution in [0.4, 0.5) is 8.78 Å². The molecular formula is C9H15F2NO. The second kappa shape index (κ2) is 4.35.